The van der Waals surface area contributed by atoms with Crippen molar-refractivity contribution in [2.75, 3.05) is 25.6 Å². The second-order valence-electron chi connectivity index (χ2n) is 3.29. The lowest BCUT2D eigenvalue weighted by molar-refractivity contribution is 0.369. The second kappa shape index (κ2) is 6.99. The molecule has 0 aliphatic rings. The molecule has 0 saturated carbocycles. The second-order valence-corrected chi connectivity index (χ2v) is 4.28. The Hall–Kier alpha value is 0.310. The molecule has 0 aromatic rings. The fourth-order valence-corrected chi connectivity index (χ4v) is 1.72. The molecular weight excluding hydrogens is 154 g/mol. The Kier molecular flexibility index (Phi) is 7.18. The molecule has 0 bridgehead atoms. The van der Waals surface area contributed by atoms with E-state index in [2.05, 4.69) is 25.4 Å². The zero-order chi connectivity index (χ0) is 8.69. The maximum atomic E-state index is 3.22. The molecule has 0 heterocycles. The number of nitrogens with one attached hydrogen (secondary N) is 1. The van der Waals surface area contributed by atoms with Gasteiger partial charge in [-0.05, 0) is 43.9 Å². The minimum Gasteiger partial charge on any atom is -0.319 e. The lowest BCUT2D eigenvalue weighted by atomic mass is 9.94. The molecule has 11 heavy (non-hydrogen) atoms. The van der Waals surface area contributed by atoms with E-state index in [0.717, 1.165) is 18.4 Å². The summed E-state index contributed by atoms with van der Waals surface area (Å²) in [5, 5.41) is 3.22. The highest BCUT2D eigenvalue weighted by atomic mass is 32.2. The molecule has 2 atom stereocenters. The molecule has 0 aromatic carbocycles. The van der Waals surface area contributed by atoms with Crippen LogP contribution in [0, 0.1) is 11.8 Å². The summed E-state index contributed by atoms with van der Waals surface area (Å²) in [6, 6.07) is 0. The van der Waals surface area contributed by atoms with Gasteiger partial charge in [-0.25, -0.2) is 0 Å². The van der Waals surface area contributed by atoms with Crippen LogP contribution in [-0.2, 0) is 0 Å². The number of hydrogen-bond donors (Lipinski definition) is 1. The Morgan fingerprint density at radius 2 is 1.91 bits per heavy atom. The van der Waals surface area contributed by atoms with Crippen LogP contribution in [0.25, 0.3) is 0 Å². The molecule has 68 valence electrons. The van der Waals surface area contributed by atoms with E-state index in [-0.39, 0.29) is 0 Å². The molecule has 2 heteroatoms. The minimum atomic E-state index is 0.812. The molecule has 0 aliphatic carbocycles. The zero-order valence-corrected chi connectivity index (χ0v) is 9.00. The van der Waals surface area contributed by atoms with Crippen LogP contribution in [0.3, 0.4) is 0 Å². The summed E-state index contributed by atoms with van der Waals surface area (Å²) in [7, 11) is 2.03. The number of thioether (sulfide) groups is 1. The van der Waals surface area contributed by atoms with Gasteiger partial charge in [0.1, 0.15) is 0 Å². The first-order chi connectivity index (χ1) is 5.22. The van der Waals surface area contributed by atoms with Crippen molar-refractivity contribution in [1.29, 1.82) is 0 Å². The van der Waals surface area contributed by atoms with Crippen molar-refractivity contribution in [1.82, 2.24) is 5.32 Å². The SMILES string of the molecule is CNCC(C)C(C)CCSC. The summed E-state index contributed by atoms with van der Waals surface area (Å²) in [6.07, 6.45) is 3.53. The van der Waals surface area contributed by atoms with Gasteiger partial charge in [-0.15, -0.1) is 0 Å². The predicted octanol–water partition coefficient (Wildman–Crippen LogP) is 2.23. The number of hydrogen-bond acceptors (Lipinski definition) is 2. The third-order valence-electron chi connectivity index (χ3n) is 2.27. The van der Waals surface area contributed by atoms with E-state index in [0.29, 0.717) is 0 Å². The van der Waals surface area contributed by atoms with Gasteiger partial charge in [0.25, 0.3) is 0 Å². The molecular formula is C9H21NS. The van der Waals surface area contributed by atoms with Gasteiger partial charge < -0.3 is 5.32 Å². The highest BCUT2D eigenvalue weighted by molar-refractivity contribution is 7.98. The Labute approximate surface area is 75.3 Å². The molecule has 0 aliphatic heterocycles. The van der Waals surface area contributed by atoms with E-state index < -0.39 is 0 Å². The van der Waals surface area contributed by atoms with Crippen LogP contribution in [0.1, 0.15) is 20.3 Å². The summed E-state index contributed by atoms with van der Waals surface area (Å²) in [5.74, 6) is 2.97. The van der Waals surface area contributed by atoms with Gasteiger partial charge in [0.15, 0.2) is 0 Å². The van der Waals surface area contributed by atoms with Crippen molar-refractivity contribution in [3.63, 3.8) is 0 Å². The molecule has 1 nitrogen and oxygen atoms in total. The van der Waals surface area contributed by atoms with Gasteiger partial charge in [0.05, 0.1) is 0 Å². The molecule has 1 N–H and O–H groups in total. The van der Waals surface area contributed by atoms with Crippen LogP contribution < -0.4 is 5.32 Å². The first-order valence-corrected chi connectivity index (χ1v) is 5.75. The van der Waals surface area contributed by atoms with Crippen molar-refractivity contribution >= 4 is 11.8 Å². The summed E-state index contributed by atoms with van der Waals surface area (Å²) >= 11 is 1.95. The average Bonchev–Trinajstić information content (AvgIpc) is 2.00. The van der Waals surface area contributed by atoms with Crippen LogP contribution in [0.15, 0.2) is 0 Å². The van der Waals surface area contributed by atoms with E-state index in [1.807, 2.05) is 18.8 Å². The lowest BCUT2D eigenvalue weighted by Crippen LogP contribution is -2.22. The van der Waals surface area contributed by atoms with E-state index in [1.165, 1.54) is 12.2 Å². The van der Waals surface area contributed by atoms with Gasteiger partial charge in [-0.2, -0.15) is 11.8 Å². The summed E-state index contributed by atoms with van der Waals surface area (Å²) in [4.78, 5) is 0. The number of rotatable bonds is 6. The summed E-state index contributed by atoms with van der Waals surface area (Å²) < 4.78 is 0. The van der Waals surface area contributed by atoms with E-state index in [9.17, 15) is 0 Å². The third kappa shape index (κ3) is 5.57. The normalized spacial score (nSPS) is 16.4. The molecule has 0 radical (unpaired) electrons. The zero-order valence-electron chi connectivity index (χ0n) is 8.18. The van der Waals surface area contributed by atoms with Crippen LogP contribution in [0.4, 0.5) is 0 Å². The van der Waals surface area contributed by atoms with E-state index in [4.69, 9.17) is 0 Å². The lowest BCUT2D eigenvalue weighted by Gasteiger charge is -2.18. The van der Waals surface area contributed by atoms with Gasteiger partial charge >= 0.3 is 0 Å². The fraction of sp³-hybridized carbons (Fsp3) is 1.00. The standard InChI is InChI=1S/C9H21NS/c1-8(5-6-11-4)9(2)7-10-3/h8-10H,5-7H2,1-4H3. The first-order valence-electron chi connectivity index (χ1n) is 4.36. The van der Waals surface area contributed by atoms with Crippen LogP contribution in [0.5, 0.6) is 0 Å². The van der Waals surface area contributed by atoms with Crippen LogP contribution in [-0.4, -0.2) is 25.6 Å². The van der Waals surface area contributed by atoms with E-state index in [1.54, 1.807) is 0 Å². The molecule has 0 saturated heterocycles. The van der Waals surface area contributed by atoms with E-state index >= 15 is 0 Å². The maximum absolute atomic E-state index is 3.22. The van der Waals surface area contributed by atoms with Crippen LogP contribution in [0.2, 0.25) is 0 Å². The summed E-state index contributed by atoms with van der Waals surface area (Å²) in [6.45, 7) is 5.81. The quantitative estimate of drug-likeness (QED) is 0.664. The van der Waals surface area contributed by atoms with Crippen LogP contribution >= 0.6 is 11.8 Å². The first kappa shape index (κ1) is 11.3. The monoisotopic (exact) mass is 175 g/mol. The van der Waals surface area contributed by atoms with Gasteiger partial charge in [0, 0.05) is 0 Å². The largest absolute Gasteiger partial charge is 0.319 e. The topological polar surface area (TPSA) is 12.0 Å². The molecule has 0 amide bonds. The fourth-order valence-electron chi connectivity index (χ4n) is 1.11. The predicted molar refractivity (Wildman–Crippen MR) is 55.3 cm³/mol. The third-order valence-corrected chi connectivity index (χ3v) is 2.92. The Bertz CT molecular complexity index is 85.6. The van der Waals surface area contributed by atoms with Crippen molar-refractivity contribution in [3.05, 3.63) is 0 Å². The Balaban J connectivity index is 3.38. The molecule has 0 rings (SSSR count). The van der Waals surface area contributed by atoms with Gasteiger partial charge in [0.2, 0.25) is 0 Å². The van der Waals surface area contributed by atoms with Crippen molar-refractivity contribution < 1.29 is 0 Å². The Morgan fingerprint density at radius 1 is 1.27 bits per heavy atom. The van der Waals surface area contributed by atoms with Crippen molar-refractivity contribution in [2.45, 2.75) is 20.3 Å². The summed E-state index contributed by atoms with van der Waals surface area (Å²) in [5.41, 5.74) is 0. The van der Waals surface area contributed by atoms with Crippen molar-refractivity contribution in [3.8, 4) is 0 Å². The molecule has 0 fully saturated rings. The Morgan fingerprint density at radius 3 is 2.36 bits per heavy atom. The average molecular weight is 175 g/mol. The molecule has 2 unspecified atom stereocenters. The smallest absolute Gasteiger partial charge is 0.00236 e. The molecule has 0 spiro atoms. The highest BCUT2D eigenvalue weighted by Crippen LogP contribution is 2.15. The highest BCUT2D eigenvalue weighted by Gasteiger charge is 2.09. The van der Waals surface area contributed by atoms with Gasteiger partial charge in [-0.1, -0.05) is 13.8 Å². The van der Waals surface area contributed by atoms with Gasteiger partial charge in [-0.3, -0.25) is 0 Å². The maximum Gasteiger partial charge on any atom is -0.00236 e. The molecule has 0 aromatic heterocycles. The minimum absolute atomic E-state index is 0.812. The van der Waals surface area contributed by atoms with Crippen molar-refractivity contribution in [2.24, 2.45) is 11.8 Å².